The van der Waals surface area contributed by atoms with Gasteiger partial charge in [-0.1, -0.05) is 18.2 Å². The Morgan fingerprint density at radius 3 is 2.48 bits per heavy atom. The Labute approximate surface area is 194 Å². The van der Waals surface area contributed by atoms with Crippen molar-refractivity contribution in [3.05, 3.63) is 29.3 Å². The van der Waals surface area contributed by atoms with E-state index in [9.17, 15) is 19.4 Å². The summed E-state index contributed by atoms with van der Waals surface area (Å²) in [5, 5.41) is 15.3. The maximum atomic E-state index is 12.2. The summed E-state index contributed by atoms with van der Waals surface area (Å²) in [5.74, 6) is -1.07. The summed E-state index contributed by atoms with van der Waals surface area (Å²) < 4.78 is 5.53. The van der Waals surface area contributed by atoms with Crippen molar-refractivity contribution >= 4 is 30.3 Å². The van der Waals surface area contributed by atoms with Crippen LogP contribution in [-0.4, -0.2) is 73.5 Å². The number of fused-ring (bicyclic) bond motifs is 1. The van der Waals surface area contributed by atoms with Gasteiger partial charge in [0.25, 0.3) is 0 Å². The number of hydrogen-bond acceptors (Lipinski definition) is 8. The fourth-order valence-corrected chi connectivity index (χ4v) is 3.68. The van der Waals surface area contributed by atoms with Crippen molar-refractivity contribution in [1.82, 2.24) is 15.5 Å². The maximum Gasteiger partial charge on any atom is 0.492 e. The molecule has 1 aliphatic heterocycles. The molecule has 0 aromatic heterocycles. The molecular formula is C21H35BN6O5. The Balaban J connectivity index is 1.74. The molecule has 2 rings (SSSR count). The highest BCUT2D eigenvalue weighted by molar-refractivity contribution is 6.62. The van der Waals surface area contributed by atoms with E-state index < -0.39 is 24.7 Å². The molecule has 1 aromatic rings. The normalized spacial score (nSPS) is 15.0. The van der Waals surface area contributed by atoms with Crippen molar-refractivity contribution in [3.63, 3.8) is 0 Å². The number of nitrogens with two attached hydrogens (primary N) is 3. The van der Waals surface area contributed by atoms with E-state index in [1.807, 2.05) is 26.0 Å². The molecule has 0 aliphatic carbocycles. The van der Waals surface area contributed by atoms with Crippen LogP contribution in [0, 0.1) is 0 Å². The molecule has 0 saturated heterocycles. The lowest BCUT2D eigenvalue weighted by Crippen LogP contribution is -2.45. The van der Waals surface area contributed by atoms with Crippen LogP contribution in [0.1, 0.15) is 37.8 Å². The largest absolute Gasteiger partial charge is 0.492 e. The number of rotatable bonds is 12. The van der Waals surface area contributed by atoms with Gasteiger partial charge in [0.1, 0.15) is 0 Å². The molecule has 1 aromatic carbocycles. The third-order valence-electron chi connectivity index (χ3n) is 5.51. The summed E-state index contributed by atoms with van der Waals surface area (Å²) in [6, 6.07) is 4.60. The number of nitrogens with zero attached hydrogens (tertiary/aromatic N) is 1. The Morgan fingerprint density at radius 1 is 1.18 bits per heavy atom. The molecule has 0 saturated carbocycles. The molecule has 11 nitrogen and oxygen atoms in total. The maximum absolute atomic E-state index is 12.2. The molecule has 182 valence electrons. The quantitative estimate of drug-likeness (QED) is 0.180. The second kappa shape index (κ2) is 12.1. The van der Waals surface area contributed by atoms with Gasteiger partial charge in [-0.05, 0) is 36.9 Å². The van der Waals surface area contributed by atoms with Crippen LogP contribution in [0.2, 0.25) is 0 Å². The molecule has 0 radical (unpaired) electrons. The number of benzene rings is 1. The van der Waals surface area contributed by atoms with E-state index in [-0.39, 0.29) is 37.7 Å². The number of amides is 3. The molecule has 0 bridgehead atoms. The van der Waals surface area contributed by atoms with E-state index in [0.29, 0.717) is 31.6 Å². The van der Waals surface area contributed by atoms with Gasteiger partial charge < -0.3 is 42.4 Å². The van der Waals surface area contributed by atoms with Crippen molar-refractivity contribution in [3.8, 4) is 0 Å². The summed E-state index contributed by atoms with van der Waals surface area (Å²) >= 11 is 0. The molecular weight excluding hydrogens is 427 g/mol. The van der Waals surface area contributed by atoms with Gasteiger partial charge in [0.15, 0.2) is 0 Å². The minimum atomic E-state index is -1.00. The zero-order valence-electron chi connectivity index (χ0n) is 19.3. The van der Waals surface area contributed by atoms with Gasteiger partial charge in [-0.15, -0.1) is 0 Å². The number of carbonyl (C=O) groups excluding carboxylic acids is 3. The van der Waals surface area contributed by atoms with E-state index in [4.69, 9.17) is 21.9 Å². The van der Waals surface area contributed by atoms with Gasteiger partial charge >= 0.3 is 7.12 Å². The first-order valence-corrected chi connectivity index (χ1v) is 11.1. The average Bonchev–Trinajstić information content (AvgIpc) is 3.01. The van der Waals surface area contributed by atoms with Gasteiger partial charge in [-0.25, -0.2) is 0 Å². The summed E-state index contributed by atoms with van der Waals surface area (Å²) in [4.78, 5) is 38.0. The summed E-state index contributed by atoms with van der Waals surface area (Å²) in [6.45, 7) is 5.18. The first-order valence-electron chi connectivity index (χ1n) is 11.1. The SMILES string of the molecule is CC1(C)OB(O)c2cc(CNC(=O)CNC(=O)C(N)CCC(=O)N(CCN)CCN)ccc21. The van der Waals surface area contributed by atoms with Gasteiger partial charge in [-0.3, -0.25) is 14.4 Å². The molecule has 1 aliphatic rings. The number of nitrogens with one attached hydrogen (secondary N) is 2. The minimum Gasteiger partial charge on any atom is -0.423 e. The summed E-state index contributed by atoms with van der Waals surface area (Å²) in [7, 11) is -1.00. The predicted molar refractivity (Wildman–Crippen MR) is 125 cm³/mol. The molecule has 1 unspecified atom stereocenters. The number of hydrogen-bond donors (Lipinski definition) is 6. The Hall–Kier alpha value is -2.51. The van der Waals surface area contributed by atoms with Gasteiger partial charge in [-0.2, -0.15) is 0 Å². The molecule has 0 spiro atoms. The van der Waals surface area contributed by atoms with Gasteiger partial charge in [0.2, 0.25) is 17.7 Å². The second-order valence-corrected chi connectivity index (χ2v) is 8.50. The van der Waals surface area contributed by atoms with Crippen LogP contribution in [0.15, 0.2) is 18.2 Å². The monoisotopic (exact) mass is 462 g/mol. The molecule has 12 heteroatoms. The summed E-state index contributed by atoms with van der Waals surface area (Å²) in [6.07, 6.45) is 0.235. The van der Waals surface area contributed by atoms with Crippen LogP contribution < -0.4 is 33.3 Å². The van der Waals surface area contributed by atoms with Crippen molar-refractivity contribution in [2.45, 2.75) is 44.9 Å². The van der Waals surface area contributed by atoms with Gasteiger partial charge in [0, 0.05) is 39.1 Å². The van der Waals surface area contributed by atoms with E-state index in [0.717, 1.165) is 11.1 Å². The molecule has 1 atom stereocenters. The molecule has 0 fully saturated rings. The van der Waals surface area contributed by atoms with Crippen molar-refractivity contribution in [2.75, 3.05) is 32.7 Å². The zero-order valence-corrected chi connectivity index (χ0v) is 19.3. The first-order chi connectivity index (χ1) is 15.6. The lowest BCUT2D eigenvalue weighted by Gasteiger charge is -2.22. The van der Waals surface area contributed by atoms with Crippen LogP contribution in [0.4, 0.5) is 0 Å². The molecule has 9 N–H and O–H groups in total. The molecule has 33 heavy (non-hydrogen) atoms. The van der Waals surface area contributed by atoms with E-state index in [1.165, 1.54) is 0 Å². The smallest absolute Gasteiger partial charge is 0.423 e. The van der Waals surface area contributed by atoms with Crippen LogP contribution >= 0.6 is 0 Å². The predicted octanol–water partition coefficient (Wildman–Crippen LogP) is -2.77. The van der Waals surface area contributed by atoms with Crippen molar-refractivity contribution in [2.24, 2.45) is 17.2 Å². The molecule has 1 heterocycles. The average molecular weight is 462 g/mol. The summed E-state index contributed by atoms with van der Waals surface area (Å²) in [5.41, 5.74) is 18.6. The third kappa shape index (κ3) is 7.51. The van der Waals surface area contributed by atoms with Gasteiger partial charge in [0.05, 0.1) is 18.2 Å². The second-order valence-electron chi connectivity index (χ2n) is 8.50. The Kier molecular flexibility index (Phi) is 9.80. The van der Waals surface area contributed by atoms with Crippen LogP contribution in [0.5, 0.6) is 0 Å². The Bertz CT molecular complexity index is 846. The standard InChI is InChI=1S/C21H35BN6O5/c1-21(2)15-4-3-14(11-16(15)22(32)33-21)12-26-18(29)13-27-20(31)17(25)5-6-19(30)28(9-7-23)10-8-24/h3-4,11,17,32H,5-10,12-13,23-25H2,1-2H3,(H,26,29)(H,27,31). The highest BCUT2D eigenvalue weighted by atomic mass is 16.5. The van der Waals surface area contributed by atoms with Crippen LogP contribution in [-0.2, 0) is 31.2 Å². The topological polar surface area (TPSA) is 186 Å². The highest BCUT2D eigenvalue weighted by Crippen LogP contribution is 2.29. The zero-order chi connectivity index (χ0) is 24.6. The van der Waals surface area contributed by atoms with Crippen LogP contribution in [0.25, 0.3) is 0 Å². The van der Waals surface area contributed by atoms with Crippen molar-refractivity contribution in [1.29, 1.82) is 0 Å². The lowest BCUT2D eigenvalue weighted by atomic mass is 9.77. The van der Waals surface area contributed by atoms with E-state index >= 15 is 0 Å². The highest BCUT2D eigenvalue weighted by Gasteiger charge is 2.40. The fourth-order valence-electron chi connectivity index (χ4n) is 3.68. The lowest BCUT2D eigenvalue weighted by molar-refractivity contribution is -0.131. The Morgan fingerprint density at radius 2 is 1.85 bits per heavy atom. The number of carbonyl (C=O) groups is 3. The first kappa shape index (κ1) is 26.7. The third-order valence-corrected chi connectivity index (χ3v) is 5.51. The minimum absolute atomic E-state index is 0.0888. The van der Waals surface area contributed by atoms with E-state index in [2.05, 4.69) is 10.6 Å². The fraction of sp³-hybridized carbons (Fsp3) is 0.571. The van der Waals surface area contributed by atoms with Crippen LogP contribution in [0.3, 0.4) is 0 Å². The van der Waals surface area contributed by atoms with Crippen molar-refractivity contribution < 1.29 is 24.1 Å². The molecule has 3 amide bonds. The van der Waals surface area contributed by atoms with E-state index in [1.54, 1.807) is 11.0 Å².